The molecule has 5 rings (SSSR count). The predicted octanol–water partition coefficient (Wildman–Crippen LogP) is 5.08. The van der Waals surface area contributed by atoms with Gasteiger partial charge in [-0.1, -0.05) is 0 Å². The number of rotatable bonds is 6. The number of fused-ring (bicyclic) bond motifs is 2. The van der Waals surface area contributed by atoms with Gasteiger partial charge in [-0.2, -0.15) is 0 Å². The van der Waals surface area contributed by atoms with Crippen LogP contribution in [-0.2, 0) is 14.6 Å². The fraction of sp³-hybridized carbons (Fsp3) is 0.593. The second-order valence-corrected chi connectivity index (χ2v) is 13.7. The van der Waals surface area contributed by atoms with Gasteiger partial charge in [-0.15, -0.1) is 0 Å². The van der Waals surface area contributed by atoms with Gasteiger partial charge >= 0.3 is 6.09 Å². The molecule has 9 nitrogen and oxygen atoms in total. The van der Waals surface area contributed by atoms with Gasteiger partial charge in [0.2, 0.25) is 5.88 Å². The van der Waals surface area contributed by atoms with Crippen LogP contribution in [0.2, 0.25) is 0 Å². The molecule has 200 valence electrons. The van der Waals surface area contributed by atoms with Crippen molar-refractivity contribution in [3.05, 3.63) is 35.7 Å². The van der Waals surface area contributed by atoms with Crippen molar-refractivity contribution in [2.24, 2.45) is 0 Å². The van der Waals surface area contributed by atoms with Gasteiger partial charge in [-0.3, -0.25) is 0 Å². The quantitative estimate of drug-likeness (QED) is 0.552. The van der Waals surface area contributed by atoms with E-state index in [4.69, 9.17) is 9.47 Å². The Morgan fingerprint density at radius 2 is 1.73 bits per heavy atom. The van der Waals surface area contributed by atoms with Crippen molar-refractivity contribution >= 4 is 27.4 Å². The smallest absolute Gasteiger partial charge is 0.410 e. The van der Waals surface area contributed by atoms with E-state index in [-0.39, 0.29) is 29.5 Å². The zero-order chi connectivity index (χ0) is 26.5. The molecule has 1 aliphatic carbocycles. The molecular formula is C27H36N4O5S. The average molecular weight is 529 g/mol. The van der Waals surface area contributed by atoms with Gasteiger partial charge in [-0.25, -0.2) is 23.2 Å². The first-order valence-corrected chi connectivity index (χ1v) is 14.6. The van der Waals surface area contributed by atoms with Crippen molar-refractivity contribution < 1.29 is 22.7 Å². The molecule has 37 heavy (non-hydrogen) atoms. The highest BCUT2D eigenvalue weighted by molar-refractivity contribution is 7.92. The maximum Gasteiger partial charge on any atom is 0.410 e. The normalized spacial score (nSPS) is 23.6. The zero-order valence-corrected chi connectivity index (χ0v) is 23.0. The summed E-state index contributed by atoms with van der Waals surface area (Å²) < 4.78 is 37.2. The fourth-order valence-electron chi connectivity index (χ4n) is 5.32. The summed E-state index contributed by atoms with van der Waals surface area (Å²) in [5.41, 5.74) is 1.87. The first-order chi connectivity index (χ1) is 17.4. The van der Waals surface area contributed by atoms with Gasteiger partial charge in [0, 0.05) is 30.6 Å². The summed E-state index contributed by atoms with van der Waals surface area (Å²) in [6.07, 6.45) is 6.03. The van der Waals surface area contributed by atoms with Crippen molar-refractivity contribution in [2.45, 2.75) is 107 Å². The lowest BCUT2D eigenvalue weighted by Gasteiger charge is -2.39. The molecule has 0 spiro atoms. The summed E-state index contributed by atoms with van der Waals surface area (Å²) >= 11 is 0. The van der Waals surface area contributed by atoms with Crippen molar-refractivity contribution in [3.8, 4) is 5.88 Å². The fourth-order valence-corrected chi connectivity index (χ4v) is 7.06. The second-order valence-electron chi connectivity index (χ2n) is 11.5. The number of anilines is 2. The first-order valence-electron chi connectivity index (χ1n) is 13.0. The number of sulfone groups is 1. The van der Waals surface area contributed by atoms with E-state index in [1.54, 1.807) is 18.2 Å². The van der Waals surface area contributed by atoms with Crippen LogP contribution in [0.4, 0.5) is 16.3 Å². The number of amides is 1. The van der Waals surface area contributed by atoms with E-state index in [2.05, 4.69) is 15.3 Å². The molecule has 2 aromatic rings. The van der Waals surface area contributed by atoms with Gasteiger partial charge in [0.1, 0.15) is 23.9 Å². The van der Waals surface area contributed by atoms with Gasteiger partial charge in [-0.05, 0) is 84.1 Å². The summed E-state index contributed by atoms with van der Waals surface area (Å²) in [5, 5.41) is 3.08. The topological polar surface area (TPSA) is 111 Å². The van der Waals surface area contributed by atoms with Gasteiger partial charge in [0.15, 0.2) is 9.84 Å². The van der Waals surface area contributed by atoms with E-state index < -0.39 is 15.4 Å². The van der Waals surface area contributed by atoms with Crippen molar-refractivity contribution in [1.82, 2.24) is 14.9 Å². The molecule has 1 amide bonds. The number of piperidine rings is 1. The van der Waals surface area contributed by atoms with Gasteiger partial charge in [0.25, 0.3) is 0 Å². The molecule has 3 aliphatic rings. The SMILES string of the molecule is Cc1cc(S(=O)(=O)C2CC2)ccc1Nc1ncnc(OC2CC3CCC(C2)N3C(=O)OC(C)(C)C)c1C. The van der Waals surface area contributed by atoms with E-state index in [0.717, 1.165) is 55.3 Å². The third-order valence-electron chi connectivity index (χ3n) is 7.35. The number of ether oxygens (including phenoxy) is 2. The van der Waals surface area contributed by atoms with Crippen molar-refractivity contribution in [2.75, 3.05) is 5.32 Å². The van der Waals surface area contributed by atoms with Gasteiger partial charge in [0.05, 0.1) is 15.7 Å². The number of nitrogens with zero attached hydrogens (tertiary/aromatic N) is 3. The number of hydrogen-bond acceptors (Lipinski definition) is 8. The van der Waals surface area contributed by atoms with E-state index >= 15 is 0 Å². The molecule has 2 atom stereocenters. The highest BCUT2D eigenvalue weighted by Gasteiger charge is 2.45. The molecule has 2 unspecified atom stereocenters. The number of aryl methyl sites for hydroxylation is 1. The molecule has 2 bridgehead atoms. The Morgan fingerprint density at radius 1 is 1.05 bits per heavy atom. The number of hydrogen-bond donors (Lipinski definition) is 1. The van der Waals surface area contributed by atoms with E-state index in [1.165, 1.54) is 6.33 Å². The molecule has 2 aliphatic heterocycles. The largest absolute Gasteiger partial charge is 0.474 e. The molecular weight excluding hydrogens is 492 g/mol. The summed E-state index contributed by atoms with van der Waals surface area (Å²) in [6, 6.07) is 5.37. The van der Waals surface area contributed by atoms with Crippen molar-refractivity contribution in [3.63, 3.8) is 0 Å². The van der Waals surface area contributed by atoms with Crippen LogP contribution in [0.1, 0.15) is 70.4 Å². The number of carbonyl (C=O) groups excluding carboxylic acids is 1. The van der Waals surface area contributed by atoms with Crippen LogP contribution in [0.25, 0.3) is 0 Å². The minimum absolute atomic E-state index is 0.0497. The summed E-state index contributed by atoms with van der Waals surface area (Å²) in [7, 11) is -3.24. The molecule has 3 heterocycles. The summed E-state index contributed by atoms with van der Waals surface area (Å²) in [4.78, 5) is 23.8. The molecule has 10 heteroatoms. The van der Waals surface area contributed by atoms with E-state index in [9.17, 15) is 13.2 Å². The molecule has 1 saturated carbocycles. The Morgan fingerprint density at radius 3 is 2.32 bits per heavy atom. The highest BCUT2D eigenvalue weighted by atomic mass is 32.2. The Balaban J connectivity index is 1.27. The number of nitrogens with one attached hydrogen (secondary N) is 1. The van der Waals surface area contributed by atoms with Crippen LogP contribution in [-0.4, -0.2) is 58.4 Å². The first kappa shape index (κ1) is 25.8. The molecule has 2 saturated heterocycles. The Bertz CT molecular complexity index is 1290. The third kappa shape index (κ3) is 5.39. The van der Waals surface area contributed by atoms with Crippen LogP contribution in [0, 0.1) is 13.8 Å². The molecule has 1 aromatic heterocycles. The summed E-state index contributed by atoms with van der Waals surface area (Å²) in [5.74, 6) is 1.12. The Kier molecular flexibility index (Phi) is 6.58. The second kappa shape index (κ2) is 9.45. The lowest BCUT2D eigenvalue weighted by Crippen LogP contribution is -2.50. The predicted molar refractivity (Wildman–Crippen MR) is 140 cm³/mol. The molecule has 3 fully saturated rings. The maximum absolute atomic E-state index is 12.8. The van der Waals surface area contributed by atoms with E-state index in [1.807, 2.05) is 39.5 Å². The van der Waals surface area contributed by atoms with Crippen LogP contribution < -0.4 is 10.1 Å². The molecule has 1 N–H and O–H groups in total. The third-order valence-corrected chi connectivity index (χ3v) is 9.61. The standard InChI is InChI=1S/C27H36N4O5S/c1-16-12-22(37(33,34)21-8-9-21)10-11-23(16)30-24-17(2)25(29-15-28-24)35-20-13-18-6-7-19(14-20)31(18)26(32)36-27(3,4)5/h10-12,15,18-21H,6-9,13-14H2,1-5H3,(H,28,29,30). The number of benzene rings is 1. The van der Waals surface area contributed by atoms with Gasteiger partial charge < -0.3 is 19.7 Å². The highest BCUT2D eigenvalue weighted by Crippen LogP contribution is 2.39. The van der Waals surface area contributed by atoms with Crippen LogP contribution in [0.3, 0.4) is 0 Å². The minimum atomic E-state index is -3.24. The Labute approximate surface area is 218 Å². The molecule has 0 radical (unpaired) electrons. The lowest BCUT2D eigenvalue weighted by atomic mass is 10.00. The maximum atomic E-state index is 12.8. The molecule has 1 aromatic carbocycles. The monoisotopic (exact) mass is 528 g/mol. The van der Waals surface area contributed by atoms with Crippen LogP contribution in [0.5, 0.6) is 5.88 Å². The van der Waals surface area contributed by atoms with Crippen LogP contribution in [0.15, 0.2) is 29.4 Å². The number of carbonyl (C=O) groups is 1. The lowest BCUT2D eigenvalue weighted by molar-refractivity contribution is -0.00770. The zero-order valence-electron chi connectivity index (χ0n) is 22.2. The summed E-state index contributed by atoms with van der Waals surface area (Å²) in [6.45, 7) is 9.45. The van der Waals surface area contributed by atoms with E-state index in [0.29, 0.717) is 16.6 Å². The Hall–Kier alpha value is -2.88. The van der Waals surface area contributed by atoms with Crippen LogP contribution >= 0.6 is 0 Å². The minimum Gasteiger partial charge on any atom is -0.474 e. The average Bonchev–Trinajstić information content (AvgIpc) is 3.62. The number of aromatic nitrogens is 2. The van der Waals surface area contributed by atoms with Crippen molar-refractivity contribution in [1.29, 1.82) is 0 Å².